The average Bonchev–Trinajstić information content (AvgIpc) is 3.06. The van der Waals surface area contributed by atoms with Crippen molar-refractivity contribution >= 4 is 5.78 Å². The first-order chi connectivity index (χ1) is 11.2. The van der Waals surface area contributed by atoms with Gasteiger partial charge in [0.2, 0.25) is 0 Å². The van der Waals surface area contributed by atoms with Crippen LogP contribution in [-0.4, -0.2) is 26.0 Å². The quantitative estimate of drug-likeness (QED) is 0.691. The number of para-hydroxylation sites is 1. The fourth-order valence-corrected chi connectivity index (χ4v) is 2.25. The SMILES string of the molecule is Cc1ccc(C(=O)[C@@H](C#N)c2nnnn2-c2ccccc2)cc1. The number of nitrogens with zero attached hydrogens (tertiary/aromatic N) is 5. The van der Waals surface area contributed by atoms with Crippen molar-refractivity contribution in [3.8, 4) is 11.8 Å². The molecule has 3 aromatic rings. The van der Waals surface area contributed by atoms with Gasteiger partial charge in [0.15, 0.2) is 17.5 Å². The molecule has 0 amide bonds. The average molecular weight is 303 g/mol. The Morgan fingerprint density at radius 2 is 1.83 bits per heavy atom. The van der Waals surface area contributed by atoms with Crippen molar-refractivity contribution in [3.05, 3.63) is 71.5 Å². The lowest BCUT2D eigenvalue weighted by Crippen LogP contribution is -2.16. The Balaban J connectivity index is 2.00. The van der Waals surface area contributed by atoms with Crippen LogP contribution in [0, 0.1) is 18.3 Å². The van der Waals surface area contributed by atoms with Gasteiger partial charge in [0, 0.05) is 5.56 Å². The summed E-state index contributed by atoms with van der Waals surface area (Å²) in [5.41, 5.74) is 2.21. The van der Waals surface area contributed by atoms with E-state index < -0.39 is 5.92 Å². The second kappa shape index (κ2) is 6.20. The maximum Gasteiger partial charge on any atom is 0.187 e. The van der Waals surface area contributed by atoms with E-state index in [1.54, 1.807) is 12.1 Å². The number of benzene rings is 2. The van der Waals surface area contributed by atoms with Crippen molar-refractivity contribution in [2.24, 2.45) is 0 Å². The minimum absolute atomic E-state index is 0.212. The standard InChI is InChI=1S/C17H13N5O/c1-12-7-9-13(10-8-12)16(23)15(11-18)17-19-20-21-22(17)14-5-3-2-4-6-14/h2-10,15H,1H3/t15-/m1/s1. The number of Topliss-reactive ketones (excluding diaryl/α,β-unsaturated/α-hetero) is 1. The highest BCUT2D eigenvalue weighted by molar-refractivity contribution is 6.02. The molecule has 1 atom stereocenters. The largest absolute Gasteiger partial charge is 0.292 e. The van der Waals surface area contributed by atoms with Gasteiger partial charge in [-0.2, -0.15) is 9.94 Å². The zero-order valence-electron chi connectivity index (χ0n) is 12.4. The van der Waals surface area contributed by atoms with E-state index in [1.807, 2.05) is 55.5 Å². The third-order valence-electron chi connectivity index (χ3n) is 3.48. The van der Waals surface area contributed by atoms with Gasteiger partial charge in [0.05, 0.1) is 11.8 Å². The van der Waals surface area contributed by atoms with Crippen molar-refractivity contribution in [2.75, 3.05) is 0 Å². The molecule has 6 nitrogen and oxygen atoms in total. The second-order valence-corrected chi connectivity index (χ2v) is 5.08. The van der Waals surface area contributed by atoms with Crippen molar-refractivity contribution < 1.29 is 4.79 Å². The zero-order chi connectivity index (χ0) is 16.2. The normalized spacial score (nSPS) is 11.7. The van der Waals surface area contributed by atoms with Crippen LogP contribution in [0.15, 0.2) is 54.6 Å². The predicted molar refractivity (Wildman–Crippen MR) is 83.0 cm³/mol. The number of rotatable bonds is 4. The minimum Gasteiger partial charge on any atom is -0.292 e. The van der Waals surface area contributed by atoms with Gasteiger partial charge < -0.3 is 0 Å². The molecule has 112 valence electrons. The molecule has 1 aromatic heterocycles. The Labute approximate surface area is 133 Å². The number of carbonyl (C=O) groups is 1. The van der Waals surface area contributed by atoms with E-state index in [2.05, 4.69) is 15.5 Å². The van der Waals surface area contributed by atoms with E-state index in [4.69, 9.17) is 0 Å². The van der Waals surface area contributed by atoms with Crippen LogP contribution >= 0.6 is 0 Å². The Morgan fingerprint density at radius 3 is 2.48 bits per heavy atom. The molecular weight excluding hydrogens is 290 g/mol. The molecule has 0 saturated carbocycles. The van der Waals surface area contributed by atoms with Gasteiger partial charge in [0.1, 0.15) is 0 Å². The number of aryl methyl sites for hydroxylation is 1. The number of hydrogen-bond donors (Lipinski definition) is 0. The predicted octanol–water partition coefficient (Wildman–Crippen LogP) is 2.46. The van der Waals surface area contributed by atoms with Gasteiger partial charge in [-0.3, -0.25) is 4.79 Å². The molecule has 0 fully saturated rings. The number of aromatic nitrogens is 4. The molecule has 0 radical (unpaired) electrons. The van der Waals surface area contributed by atoms with Crippen molar-refractivity contribution in [3.63, 3.8) is 0 Å². The molecule has 0 aliphatic heterocycles. The van der Waals surface area contributed by atoms with Gasteiger partial charge in [-0.1, -0.05) is 48.0 Å². The first kappa shape index (κ1) is 14.6. The molecule has 0 bridgehead atoms. The zero-order valence-corrected chi connectivity index (χ0v) is 12.4. The molecular formula is C17H13N5O. The smallest absolute Gasteiger partial charge is 0.187 e. The first-order valence-corrected chi connectivity index (χ1v) is 7.05. The summed E-state index contributed by atoms with van der Waals surface area (Å²) >= 11 is 0. The van der Waals surface area contributed by atoms with Crippen molar-refractivity contribution in [1.29, 1.82) is 5.26 Å². The lowest BCUT2D eigenvalue weighted by Gasteiger charge is -2.09. The molecule has 3 rings (SSSR count). The van der Waals surface area contributed by atoms with Crippen LogP contribution in [-0.2, 0) is 0 Å². The summed E-state index contributed by atoms with van der Waals surface area (Å²) in [6, 6.07) is 18.3. The Kier molecular flexibility index (Phi) is 3.93. The van der Waals surface area contributed by atoms with E-state index in [0.717, 1.165) is 5.56 Å². The number of hydrogen-bond acceptors (Lipinski definition) is 5. The molecule has 0 aliphatic carbocycles. The molecule has 0 aliphatic rings. The summed E-state index contributed by atoms with van der Waals surface area (Å²) in [6.45, 7) is 1.94. The van der Waals surface area contributed by atoms with Crippen LogP contribution in [0.25, 0.3) is 5.69 Å². The maximum absolute atomic E-state index is 12.6. The molecule has 0 saturated heterocycles. The van der Waals surface area contributed by atoms with Gasteiger partial charge in [-0.05, 0) is 29.5 Å². The maximum atomic E-state index is 12.6. The fourth-order valence-electron chi connectivity index (χ4n) is 2.25. The molecule has 6 heteroatoms. The lowest BCUT2D eigenvalue weighted by molar-refractivity contribution is 0.0975. The van der Waals surface area contributed by atoms with Crippen LogP contribution in [0.2, 0.25) is 0 Å². The molecule has 23 heavy (non-hydrogen) atoms. The van der Waals surface area contributed by atoms with Gasteiger partial charge in [-0.15, -0.1) is 5.10 Å². The Hall–Kier alpha value is -3.33. The second-order valence-electron chi connectivity index (χ2n) is 5.08. The van der Waals surface area contributed by atoms with Crippen molar-refractivity contribution in [1.82, 2.24) is 20.2 Å². The van der Waals surface area contributed by atoms with E-state index in [-0.39, 0.29) is 11.6 Å². The summed E-state index contributed by atoms with van der Waals surface area (Å²) in [4.78, 5) is 12.6. The van der Waals surface area contributed by atoms with Gasteiger partial charge in [-0.25, -0.2) is 0 Å². The number of nitriles is 1. The molecule has 2 aromatic carbocycles. The third-order valence-corrected chi connectivity index (χ3v) is 3.48. The van der Waals surface area contributed by atoms with Crippen LogP contribution < -0.4 is 0 Å². The highest BCUT2D eigenvalue weighted by Gasteiger charge is 2.28. The van der Waals surface area contributed by atoms with E-state index >= 15 is 0 Å². The number of carbonyl (C=O) groups excluding carboxylic acids is 1. The third kappa shape index (κ3) is 2.85. The van der Waals surface area contributed by atoms with Crippen LogP contribution in [0.3, 0.4) is 0 Å². The molecule has 0 spiro atoms. The number of tetrazole rings is 1. The monoisotopic (exact) mass is 303 g/mol. The molecule has 1 heterocycles. The van der Waals surface area contributed by atoms with Gasteiger partial charge >= 0.3 is 0 Å². The summed E-state index contributed by atoms with van der Waals surface area (Å²) in [5, 5.41) is 20.9. The van der Waals surface area contributed by atoms with Crippen LogP contribution in [0.1, 0.15) is 27.7 Å². The minimum atomic E-state index is -1.06. The number of ketones is 1. The van der Waals surface area contributed by atoms with Crippen molar-refractivity contribution in [2.45, 2.75) is 12.8 Å². The van der Waals surface area contributed by atoms with Crippen LogP contribution in [0.4, 0.5) is 0 Å². The lowest BCUT2D eigenvalue weighted by atomic mass is 9.97. The fraction of sp³-hybridized carbons (Fsp3) is 0.118. The van der Waals surface area contributed by atoms with E-state index in [9.17, 15) is 10.1 Å². The summed E-state index contributed by atoms with van der Waals surface area (Å²) in [7, 11) is 0. The highest BCUT2D eigenvalue weighted by Crippen LogP contribution is 2.20. The van der Waals surface area contributed by atoms with E-state index in [1.165, 1.54) is 4.68 Å². The summed E-state index contributed by atoms with van der Waals surface area (Å²) in [5.74, 6) is -1.17. The highest BCUT2D eigenvalue weighted by atomic mass is 16.1. The van der Waals surface area contributed by atoms with E-state index in [0.29, 0.717) is 11.3 Å². The summed E-state index contributed by atoms with van der Waals surface area (Å²) in [6.07, 6.45) is 0. The molecule has 0 N–H and O–H groups in total. The topological polar surface area (TPSA) is 84.5 Å². The Morgan fingerprint density at radius 1 is 1.13 bits per heavy atom. The first-order valence-electron chi connectivity index (χ1n) is 7.05. The van der Waals surface area contributed by atoms with Gasteiger partial charge in [0.25, 0.3) is 0 Å². The molecule has 0 unspecified atom stereocenters. The van der Waals surface area contributed by atoms with Crippen LogP contribution in [0.5, 0.6) is 0 Å². The Bertz CT molecular complexity index is 862. The summed E-state index contributed by atoms with van der Waals surface area (Å²) < 4.78 is 1.42.